The minimum Gasteiger partial charge on any atom is -0.379 e. The molecule has 5 unspecified atom stereocenters. The maximum Gasteiger partial charge on any atom is 0.141 e. The van der Waals surface area contributed by atoms with Crippen LogP contribution in [0.25, 0.3) is 0 Å². The molecular formula is C18H35BrO5. The first-order chi connectivity index (χ1) is 11.7. The van der Waals surface area contributed by atoms with Crippen LogP contribution in [0.15, 0.2) is 0 Å². The van der Waals surface area contributed by atoms with E-state index in [2.05, 4.69) is 43.6 Å². The van der Waals surface area contributed by atoms with Crippen molar-refractivity contribution in [2.45, 2.75) is 82.8 Å². The number of halogens is 1. The quantitative estimate of drug-likeness (QED) is 0.340. The smallest absolute Gasteiger partial charge is 0.141 e. The van der Waals surface area contributed by atoms with Crippen LogP contribution in [0.1, 0.15) is 53.4 Å². The van der Waals surface area contributed by atoms with Gasteiger partial charge in [-0.1, -0.05) is 43.6 Å². The van der Waals surface area contributed by atoms with Gasteiger partial charge in [0.25, 0.3) is 0 Å². The molecule has 0 aromatic rings. The van der Waals surface area contributed by atoms with E-state index in [0.29, 0.717) is 26.4 Å². The summed E-state index contributed by atoms with van der Waals surface area (Å²) >= 11 is 3.62. The van der Waals surface area contributed by atoms with E-state index in [4.69, 9.17) is 23.7 Å². The van der Waals surface area contributed by atoms with E-state index in [-0.39, 0.29) is 29.4 Å². The van der Waals surface area contributed by atoms with Crippen molar-refractivity contribution < 1.29 is 23.7 Å². The summed E-state index contributed by atoms with van der Waals surface area (Å²) in [5, 5.41) is -0.220. The fourth-order valence-electron chi connectivity index (χ4n) is 2.67. The normalized spacial score (nSPS) is 30.6. The molecule has 0 aromatic heterocycles. The molecule has 1 saturated heterocycles. The third kappa shape index (κ3) is 7.26. The van der Waals surface area contributed by atoms with Gasteiger partial charge in [-0.15, -0.1) is 0 Å². The summed E-state index contributed by atoms with van der Waals surface area (Å²) in [4.78, 5) is 0. The highest BCUT2D eigenvalue weighted by molar-refractivity contribution is 9.09. The maximum atomic E-state index is 6.14. The Morgan fingerprint density at radius 1 is 0.708 bits per heavy atom. The predicted octanol–water partition coefficient (Wildman–Crippen LogP) is 3.92. The lowest BCUT2D eigenvalue weighted by atomic mass is 9.99. The zero-order valence-electron chi connectivity index (χ0n) is 15.7. The third-order valence-corrected chi connectivity index (χ3v) is 4.49. The molecule has 0 amide bonds. The lowest BCUT2D eigenvalue weighted by Gasteiger charge is -2.44. The van der Waals surface area contributed by atoms with Gasteiger partial charge in [0.15, 0.2) is 0 Å². The van der Waals surface area contributed by atoms with Gasteiger partial charge in [0.2, 0.25) is 0 Å². The fraction of sp³-hybridized carbons (Fsp3) is 1.00. The summed E-state index contributed by atoms with van der Waals surface area (Å²) in [6, 6.07) is 0. The average molecular weight is 411 g/mol. The molecule has 1 rings (SSSR count). The third-order valence-electron chi connectivity index (χ3n) is 3.75. The highest BCUT2D eigenvalue weighted by Crippen LogP contribution is 2.31. The number of hydrogen-bond donors (Lipinski definition) is 0. The fourth-order valence-corrected chi connectivity index (χ4v) is 3.40. The molecule has 0 spiro atoms. The first-order valence-electron chi connectivity index (χ1n) is 9.41. The topological polar surface area (TPSA) is 46.2 Å². The molecule has 1 aliphatic heterocycles. The lowest BCUT2D eigenvalue weighted by Crippen LogP contribution is -2.60. The molecule has 144 valence electrons. The van der Waals surface area contributed by atoms with E-state index in [0.717, 1.165) is 32.3 Å². The van der Waals surface area contributed by atoms with Gasteiger partial charge in [-0.25, -0.2) is 0 Å². The van der Waals surface area contributed by atoms with E-state index >= 15 is 0 Å². The summed E-state index contributed by atoms with van der Waals surface area (Å²) in [7, 11) is 0. The van der Waals surface area contributed by atoms with Crippen LogP contribution in [-0.2, 0) is 23.7 Å². The second-order valence-corrected chi connectivity index (χ2v) is 7.01. The van der Waals surface area contributed by atoms with Crippen LogP contribution >= 0.6 is 15.9 Å². The number of ether oxygens (including phenoxy) is 5. The van der Waals surface area contributed by atoms with Gasteiger partial charge in [-0.05, 0) is 25.7 Å². The molecule has 5 nitrogen and oxygen atoms in total. The summed E-state index contributed by atoms with van der Waals surface area (Å²) in [6.07, 6.45) is 3.19. The van der Waals surface area contributed by atoms with Crippen LogP contribution in [0.3, 0.4) is 0 Å². The van der Waals surface area contributed by atoms with Crippen LogP contribution in [0, 0.1) is 0 Å². The molecular weight excluding hydrogens is 376 g/mol. The molecule has 0 aliphatic carbocycles. The number of rotatable bonds is 13. The van der Waals surface area contributed by atoms with Crippen LogP contribution in [0.4, 0.5) is 0 Å². The molecule has 0 radical (unpaired) electrons. The van der Waals surface area contributed by atoms with Crippen LogP contribution < -0.4 is 0 Å². The Kier molecular flexibility index (Phi) is 12.5. The van der Waals surface area contributed by atoms with Crippen molar-refractivity contribution in [1.29, 1.82) is 0 Å². The van der Waals surface area contributed by atoms with Gasteiger partial charge in [0, 0.05) is 26.4 Å². The first kappa shape index (κ1) is 22.3. The Balaban J connectivity index is 2.84. The van der Waals surface area contributed by atoms with Crippen molar-refractivity contribution in [2.75, 3.05) is 33.0 Å². The summed E-state index contributed by atoms with van der Waals surface area (Å²) in [5.41, 5.74) is 0. The zero-order valence-corrected chi connectivity index (χ0v) is 17.3. The van der Waals surface area contributed by atoms with Crippen molar-refractivity contribution >= 4 is 15.9 Å². The molecule has 0 bridgehead atoms. The van der Waals surface area contributed by atoms with Gasteiger partial charge in [-0.3, -0.25) is 0 Å². The van der Waals surface area contributed by atoms with Crippen LogP contribution in [0.2, 0.25) is 0 Å². The van der Waals surface area contributed by atoms with Gasteiger partial charge >= 0.3 is 0 Å². The summed E-state index contributed by atoms with van der Waals surface area (Å²) in [6.45, 7) is 11.7. The Labute approximate surface area is 155 Å². The standard InChI is InChI=1S/C18H35BrO5/c1-5-9-20-13-14-15(21-10-6-2)16(22-11-7-3)17(18(19)24-14)23-12-8-4/h14-18H,5-13H2,1-4H3. The monoisotopic (exact) mass is 410 g/mol. The Morgan fingerprint density at radius 3 is 1.75 bits per heavy atom. The van der Waals surface area contributed by atoms with Crippen molar-refractivity contribution in [3.05, 3.63) is 0 Å². The molecule has 1 fully saturated rings. The Bertz CT molecular complexity index is 305. The SMILES string of the molecule is CCCOCC1OC(Br)C(OCCC)C(OCCC)C1OCCC. The molecule has 0 N–H and O–H groups in total. The van der Waals surface area contributed by atoms with Crippen molar-refractivity contribution in [1.82, 2.24) is 0 Å². The molecule has 0 aromatic carbocycles. The average Bonchev–Trinajstić information content (AvgIpc) is 2.58. The molecule has 6 heteroatoms. The zero-order chi connectivity index (χ0) is 17.8. The predicted molar refractivity (Wildman–Crippen MR) is 98.8 cm³/mol. The molecule has 1 heterocycles. The van der Waals surface area contributed by atoms with E-state index < -0.39 is 0 Å². The van der Waals surface area contributed by atoms with Crippen molar-refractivity contribution in [3.8, 4) is 0 Å². The Morgan fingerprint density at radius 2 is 1.21 bits per heavy atom. The minimum absolute atomic E-state index is 0.156. The second kappa shape index (κ2) is 13.5. The second-order valence-electron chi connectivity index (χ2n) is 6.11. The summed E-state index contributed by atoms with van der Waals surface area (Å²) in [5.74, 6) is 0. The van der Waals surface area contributed by atoms with Crippen molar-refractivity contribution in [2.24, 2.45) is 0 Å². The number of alkyl halides is 1. The molecule has 5 atom stereocenters. The van der Waals surface area contributed by atoms with Crippen LogP contribution in [-0.4, -0.2) is 62.5 Å². The van der Waals surface area contributed by atoms with E-state index in [1.807, 2.05) is 0 Å². The lowest BCUT2D eigenvalue weighted by molar-refractivity contribution is -0.245. The van der Waals surface area contributed by atoms with Crippen LogP contribution in [0.5, 0.6) is 0 Å². The minimum atomic E-state index is -0.220. The Hall–Kier alpha value is 0.280. The van der Waals surface area contributed by atoms with E-state index in [1.54, 1.807) is 0 Å². The summed E-state index contributed by atoms with van der Waals surface area (Å²) < 4.78 is 30.1. The van der Waals surface area contributed by atoms with E-state index in [9.17, 15) is 0 Å². The highest BCUT2D eigenvalue weighted by atomic mass is 79.9. The molecule has 0 saturated carbocycles. The van der Waals surface area contributed by atoms with Gasteiger partial charge < -0.3 is 23.7 Å². The number of hydrogen-bond acceptors (Lipinski definition) is 5. The van der Waals surface area contributed by atoms with Gasteiger partial charge in [0.1, 0.15) is 29.4 Å². The molecule has 24 heavy (non-hydrogen) atoms. The largest absolute Gasteiger partial charge is 0.379 e. The van der Waals surface area contributed by atoms with Gasteiger partial charge in [0.05, 0.1) is 6.61 Å². The first-order valence-corrected chi connectivity index (χ1v) is 10.3. The van der Waals surface area contributed by atoms with E-state index in [1.165, 1.54) is 0 Å². The highest BCUT2D eigenvalue weighted by Gasteiger charge is 2.47. The maximum absolute atomic E-state index is 6.14. The van der Waals surface area contributed by atoms with Crippen molar-refractivity contribution in [3.63, 3.8) is 0 Å². The molecule has 1 aliphatic rings. The van der Waals surface area contributed by atoms with Gasteiger partial charge in [-0.2, -0.15) is 0 Å².